The van der Waals surface area contributed by atoms with Crippen LogP contribution in [0, 0.1) is 0 Å². The van der Waals surface area contributed by atoms with Crippen molar-refractivity contribution in [3.63, 3.8) is 0 Å². The van der Waals surface area contributed by atoms with Crippen LogP contribution in [0.15, 0.2) is 101 Å². The van der Waals surface area contributed by atoms with Crippen LogP contribution in [0.4, 0.5) is 0 Å². The van der Waals surface area contributed by atoms with Gasteiger partial charge in [0, 0.05) is 26.9 Å². The Kier molecular flexibility index (Phi) is 3.00. The van der Waals surface area contributed by atoms with Crippen LogP contribution in [0.5, 0.6) is 0 Å². The predicted octanol–water partition coefficient (Wildman–Crippen LogP) is 7.23. The topological polar surface area (TPSA) is 31.0 Å². The molecule has 7 aromatic rings. The summed E-state index contributed by atoms with van der Waals surface area (Å²) in [5.41, 5.74) is 4.98. The van der Waals surface area contributed by atoms with Crippen LogP contribution in [0.1, 0.15) is 0 Å². The summed E-state index contributed by atoms with van der Waals surface area (Å²) in [6.07, 6.45) is 0. The molecule has 0 aliphatic carbocycles. The Morgan fingerprint density at radius 1 is 0.600 bits per heavy atom. The number of hydrogen-bond donors (Lipinski definition) is 0. The molecule has 7 rings (SSSR count). The number of pyridine rings is 1. The van der Waals surface area contributed by atoms with Crippen LogP contribution in [0.3, 0.4) is 0 Å². The van der Waals surface area contributed by atoms with E-state index in [9.17, 15) is 0 Å². The number of hydrogen-bond acceptors (Lipinski definition) is 2. The molecule has 0 unspecified atom stereocenters. The van der Waals surface area contributed by atoms with Crippen molar-refractivity contribution < 1.29 is 4.42 Å². The number of rotatable bonds is 1. The van der Waals surface area contributed by atoms with E-state index in [-0.39, 0.29) is 0 Å². The fourth-order valence-electron chi connectivity index (χ4n) is 4.65. The molecule has 140 valence electrons. The molecule has 0 spiro atoms. The molecule has 0 N–H and O–H groups in total. The Hall–Kier alpha value is -4.11. The second-order valence-electron chi connectivity index (χ2n) is 7.65. The molecule has 0 atom stereocenters. The number of fused-ring (bicyclic) bond motifs is 8. The van der Waals surface area contributed by atoms with E-state index in [0.717, 1.165) is 49.7 Å². The Morgan fingerprint density at radius 3 is 2.33 bits per heavy atom. The van der Waals surface area contributed by atoms with Gasteiger partial charge >= 0.3 is 0 Å². The largest absolute Gasteiger partial charge is 0.454 e. The van der Waals surface area contributed by atoms with Gasteiger partial charge in [0.1, 0.15) is 11.4 Å². The number of furan rings is 1. The lowest BCUT2D eigenvalue weighted by molar-refractivity contribution is 0.671. The highest BCUT2D eigenvalue weighted by atomic mass is 16.3. The third kappa shape index (κ3) is 2.01. The van der Waals surface area contributed by atoms with Crippen molar-refractivity contribution in [2.75, 3.05) is 0 Å². The smallest absolute Gasteiger partial charge is 0.160 e. The zero-order chi connectivity index (χ0) is 19.7. The monoisotopic (exact) mass is 384 g/mol. The van der Waals surface area contributed by atoms with Crippen LogP contribution < -0.4 is 0 Å². The number of aromatic nitrogens is 2. The van der Waals surface area contributed by atoms with Crippen molar-refractivity contribution in [3.05, 3.63) is 97.1 Å². The van der Waals surface area contributed by atoms with Gasteiger partial charge in [0.2, 0.25) is 0 Å². The second kappa shape index (κ2) is 5.71. The molecule has 0 saturated heterocycles. The number of benzene rings is 4. The normalized spacial score (nSPS) is 12.0. The highest BCUT2D eigenvalue weighted by Gasteiger charge is 2.19. The van der Waals surface area contributed by atoms with Crippen LogP contribution in [-0.4, -0.2) is 9.55 Å². The fraction of sp³-hybridized carbons (Fsp3) is 0. The molecule has 3 heteroatoms. The molecule has 4 aromatic carbocycles. The molecule has 0 amide bonds. The molecule has 3 heterocycles. The summed E-state index contributed by atoms with van der Waals surface area (Å²) >= 11 is 0. The van der Waals surface area contributed by atoms with Crippen LogP contribution in [0.2, 0.25) is 0 Å². The van der Waals surface area contributed by atoms with Gasteiger partial charge < -0.3 is 4.42 Å². The first kappa shape index (κ1) is 15.8. The van der Waals surface area contributed by atoms with E-state index in [1.165, 1.54) is 10.8 Å². The molecular weight excluding hydrogens is 368 g/mol. The summed E-state index contributed by atoms with van der Waals surface area (Å²) in [5, 5.41) is 5.77. The minimum Gasteiger partial charge on any atom is -0.454 e. The first-order valence-corrected chi connectivity index (χ1v) is 10.1. The summed E-state index contributed by atoms with van der Waals surface area (Å²) in [4.78, 5) is 5.00. The molecule has 0 aliphatic heterocycles. The minimum absolute atomic E-state index is 0.896. The van der Waals surface area contributed by atoms with Crippen LogP contribution in [-0.2, 0) is 0 Å². The molecule has 0 radical (unpaired) electrons. The van der Waals surface area contributed by atoms with Crippen LogP contribution >= 0.6 is 0 Å². The average molecular weight is 384 g/mol. The Morgan fingerprint density at radius 2 is 1.37 bits per heavy atom. The van der Waals surface area contributed by atoms with Gasteiger partial charge in [0.05, 0.1) is 16.6 Å². The van der Waals surface area contributed by atoms with Gasteiger partial charge in [-0.2, -0.15) is 0 Å². The molecule has 0 fully saturated rings. The zero-order valence-corrected chi connectivity index (χ0v) is 16.0. The third-order valence-corrected chi connectivity index (χ3v) is 5.99. The van der Waals surface area contributed by atoms with E-state index >= 15 is 0 Å². The SMILES string of the molecule is c1ccc2nc(-n3c4ccccc4c4ccc5c6ccccc6oc5c43)ccc2c1. The van der Waals surface area contributed by atoms with Gasteiger partial charge in [-0.3, -0.25) is 4.57 Å². The second-order valence-corrected chi connectivity index (χ2v) is 7.65. The van der Waals surface area contributed by atoms with Gasteiger partial charge in [-0.15, -0.1) is 0 Å². The molecule has 3 aromatic heterocycles. The zero-order valence-electron chi connectivity index (χ0n) is 16.0. The highest BCUT2D eigenvalue weighted by Crippen LogP contribution is 2.39. The summed E-state index contributed by atoms with van der Waals surface area (Å²) in [5.74, 6) is 0.896. The lowest BCUT2D eigenvalue weighted by atomic mass is 10.1. The van der Waals surface area contributed by atoms with E-state index in [1.54, 1.807) is 0 Å². The summed E-state index contributed by atoms with van der Waals surface area (Å²) in [6.45, 7) is 0. The maximum absolute atomic E-state index is 6.40. The van der Waals surface area contributed by atoms with Crippen molar-refractivity contribution >= 4 is 54.6 Å². The summed E-state index contributed by atoms with van der Waals surface area (Å²) < 4.78 is 8.63. The van der Waals surface area contributed by atoms with Crippen LogP contribution in [0.25, 0.3) is 60.5 Å². The summed E-state index contributed by atoms with van der Waals surface area (Å²) in [6, 6.07) is 33.5. The quantitative estimate of drug-likeness (QED) is 0.299. The molecular formula is C27H16N2O. The Labute approximate surface area is 171 Å². The van der Waals surface area contributed by atoms with E-state index in [0.29, 0.717) is 0 Å². The number of para-hydroxylation sites is 3. The average Bonchev–Trinajstić information content (AvgIpc) is 3.34. The molecule has 3 nitrogen and oxygen atoms in total. The van der Waals surface area contributed by atoms with Crippen molar-refractivity contribution in [1.82, 2.24) is 9.55 Å². The third-order valence-electron chi connectivity index (χ3n) is 5.99. The summed E-state index contributed by atoms with van der Waals surface area (Å²) in [7, 11) is 0. The molecule has 0 saturated carbocycles. The Bertz CT molecular complexity index is 1750. The van der Waals surface area contributed by atoms with Crippen molar-refractivity contribution in [1.29, 1.82) is 0 Å². The lowest BCUT2D eigenvalue weighted by Gasteiger charge is -2.08. The first-order valence-electron chi connectivity index (χ1n) is 10.1. The van der Waals surface area contributed by atoms with E-state index < -0.39 is 0 Å². The van der Waals surface area contributed by atoms with Crippen molar-refractivity contribution in [2.45, 2.75) is 0 Å². The van der Waals surface area contributed by atoms with E-state index in [2.05, 4.69) is 77.4 Å². The van der Waals surface area contributed by atoms with Crippen molar-refractivity contribution in [3.8, 4) is 5.82 Å². The predicted molar refractivity (Wildman–Crippen MR) is 123 cm³/mol. The maximum atomic E-state index is 6.40. The van der Waals surface area contributed by atoms with E-state index in [4.69, 9.17) is 9.40 Å². The molecule has 30 heavy (non-hydrogen) atoms. The molecule has 0 aliphatic rings. The minimum atomic E-state index is 0.896. The number of nitrogens with zero attached hydrogens (tertiary/aromatic N) is 2. The van der Waals surface area contributed by atoms with Gasteiger partial charge in [-0.05, 0) is 36.4 Å². The van der Waals surface area contributed by atoms with Gasteiger partial charge in [-0.1, -0.05) is 60.7 Å². The van der Waals surface area contributed by atoms with Crippen molar-refractivity contribution in [2.24, 2.45) is 0 Å². The first-order chi connectivity index (χ1) is 14.9. The van der Waals surface area contributed by atoms with E-state index in [1.807, 2.05) is 24.3 Å². The maximum Gasteiger partial charge on any atom is 0.160 e. The standard InChI is InChI=1S/C27H16N2O/c1-4-10-22-17(7-1)13-16-25(28-22)29-23-11-5-2-8-18(23)20-14-15-21-19-9-3-6-12-24(19)30-27(21)26(20)29/h1-16H. The highest BCUT2D eigenvalue weighted by molar-refractivity contribution is 6.21. The lowest BCUT2D eigenvalue weighted by Crippen LogP contribution is -1.97. The van der Waals surface area contributed by atoms with Gasteiger partial charge in [-0.25, -0.2) is 4.98 Å². The van der Waals surface area contributed by atoms with Gasteiger partial charge in [0.15, 0.2) is 5.58 Å². The Balaban J connectivity index is 1.71. The molecule has 0 bridgehead atoms. The fourth-order valence-corrected chi connectivity index (χ4v) is 4.65. The van der Waals surface area contributed by atoms with Gasteiger partial charge in [0.25, 0.3) is 0 Å².